The van der Waals surface area contributed by atoms with E-state index in [1.807, 2.05) is 29.5 Å². The quantitative estimate of drug-likeness (QED) is 0.120. The summed E-state index contributed by atoms with van der Waals surface area (Å²) in [5.74, 6) is 3.79. The molecular formula is C120H74N6OS. The third-order valence-electron chi connectivity index (χ3n) is 26.4. The van der Waals surface area contributed by atoms with Crippen molar-refractivity contribution in [1.29, 1.82) is 0 Å². The number of hydrogen-bond acceptors (Lipinski definition) is 8. The Bertz CT molecular complexity index is 8500. The zero-order chi connectivity index (χ0) is 84.4. The number of thiophene rings is 1. The van der Waals surface area contributed by atoms with Gasteiger partial charge < -0.3 is 4.42 Å². The van der Waals surface area contributed by atoms with E-state index in [1.54, 1.807) is 0 Å². The molecule has 596 valence electrons. The van der Waals surface area contributed by atoms with Gasteiger partial charge in [0.2, 0.25) is 0 Å². The second-order valence-corrected chi connectivity index (χ2v) is 34.6. The van der Waals surface area contributed by atoms with Crippen molar-refractivity contribution in [3.05, 3.63) is 493 Å². The fourth-order valence-corrected chi connectivity index (χ4v) is 21.5. The van der Waals surface area contributed by atoms with Gasteiger partial charge in [0.1, 0.15) is 11.2 Å². The van der Waals surface area contributed by atoms with E-state index in [-0.39, 0.29) is 0 Å². The smallest absolute Gasteiger partial charge is 0.164 e. The van der Waals surface area contributed by atoms with Crippen molar-refractivity contribution in [1.82, 2.24) is 29.9 Å². The van der Waals surface area contributed by atoms with Crippen LogP contribution in [0.3, 0.4) is 0 Å². The van der Waals surface area contributed by atoms with Crippen LogP contribution in [-0.2, 0) is 10.8 Å². The monoisotopic (exact) mass is 1650 g/mol. The molecule has 128 heavy (non-hydrogen) atoms. The number of rotatable bonds is 12. The summed E-state index contributed by atoms with van der Waals surface area (Å²) in [5.41, 5.74) is 26.3. The molecule has 24 aromatic rings. The average molecular weight is 1650 g/mol. The van der Waals surface area contributed by atoms with Crippen molar-refractivity contribution in [2.45, 2.75) is 10.8 Å². The van der Waals surface area contributed by atoms with Crippen molar-refractivity contribution < 1.29 is 4.42 Å². The van der Waals surface area contributed by atoms with Crippen LogP contribution in [0.2, 0.25) is 0 Å². The lowest BCUT2D eigenvalue weighted by Gasteiger charge is -2.33. The molecule has 7 nitrogen and oxygen atoms in total. The average Bonchev–Trinajstić information content (AvgIpc) is 1.53. The predicted octanol–water partition coefficient (Wildman–Crippen LogP) is 30.7. The Morgan fingerprint density at radius 2 is 0.469 bits per heavy atom. The Morgan fingerprint density at radius 3 is 0.938 bits per heavy atom. The van der Waals surface area contributed by atoms with Crippen molar-refractivity contribution in [2.75, 3.05) is 0 Å². The number of nitrogens with zero attached hydrogens (tertiary/aromatic N) is 6. The van der Waals surface area contributed by atoms with E-state index in [4.69, 9.17) is 34.3 Å². The van der Waals surface area contributed by atoms with Gasteiger partial charge in [-0.25, -0.2) is 29.9 Å². The first-order valence-corrected chi connectivity index (χ1v) is 44.3. The Morgan fingerprint density at radius 1 is 0.172 bits per heavy atom. The summed E-state index contributed by atoms with van der Waals surface area (Å²) in [5, 5.41) is 14.0. The van der Waals surface area contributed by atoms with Crippen molar-refractivity contribution in [3.8, 4) is 113 Å². The molecule has 0 N–H and O–H groups in total. The second kappa shape index (κ2) is 30.2. The lowest BCUT2D eigenvalue weighted by molar-refractivity contribution is 0.665. The molecule has 26 rings (SSSR count). The lowest BCUT2D eigenvalue weighted by atomic mass is 9.67. The maximum Gasteiger partial charge on any atom is 0.164 e. The van der Waals surface area contributed by atoms with Crippen LogP contribution in [0.4, 0.5) is 0 Å². The predicted molar refractivity (Wildman–Crippen MR) is 528 cm³/mol. The Hall–Kier alpha value is -16.5. The second-order valence-electron chi connectivity index (χ2n) is 33.5. The minimum atomic E-state index is -0.513. The van der Waals surface area contributed by atoms with E-state index >= 15 is 0 Å². The molecule has 0 amide bonds. The molecule has 20 aromatic carbocycles. The first kappa shape index (κ1) is 74.1. The van der Waals surface area contributed by atoms with E-state index in [2.05, 4.69) is 431 Å². The zero-order valence-electron chi connectivity index (χ0n) is 69.2. The molecule has 0 bridgehead atoms. The molecule has 0 atom stereocenters. The molecule has 0 aliphatic heterocycles. The largest absolute Gasteiger partial charge is 0.456 e. The molecule has 2 aliphatic carbocycles. The van der Waals surface area contributed by atoms with Crippen LogP contribution >= 0.6 is 11.3 Å². The summed E-state index contributed by atoms with van der Waals surface area (Å²) in [6, 6.07) is 161. The molecule has 0 fully saturated rings. The summed E-state index contributed by atoms with van der Waals surface area (Å²) >= 11 is 1.88. The molecular weight excluding hydrogens is 1570 g/mol. The molecule has 0 radical (unpaired) electrons. The minimum Gasteiger partial charge on any atom is -0.456 e. The Labute approximate surface area is 742 Å². The maximum atomic E-state index is 6.75. The summed E-state index contributed by atoms with van der Waals surface area (Å²) in [4.78, 5) is 30.5. The third kappa shape index (κ3) is 12.3. The summed E-state index contributed by atoms with van der Waals surface area (Å²) in [7, 11) is 0. The van der Waals surface area contributed by atoms with Gasteiger partial charge >= 0.3 is 0 Å². The van der Waals surface area contributed by atoms with Crippen molar-refractivity contribution in [3.63, 3.8) is 0 Å². The van der Waals surface area contributed by atoms with Crippen LogP contribution in [0.5, 0.6) is 0 Å². The fraction of sp³-hybridized carbons (Fsp3) is 0.0167. The van der Waals surface area contributed by atoms with Crippen LogP contribution in [-0.4, -0.2) is 29.9 Å². The number of aromatic nitrogens is 6. The van der Waals surface area contributed by atoms with Gasteiger partial charge in [-0.3, -0.25) is 0 Å². The highest BCUT2D eigenvalue weighted by molar-refractivity contribution is 7.25. The molecule has 0 unspecified atom stereocenters. The molecule has 0 saturated carbocycles. The summed E-state index contributed by atoms with van der Waals surface area (Å²) < 4.78 is 9.33. The van der Waals surface area contributed by atoms with Crippen LogP contribution in [0.15, 0.2) is 453 Å². The third-order valence-corrected chi connectivity index (χ3v) is 27.5. The Kier molecular flexibility index (Phi) is 17.5. The van der Waals surface area contributed by atoms with Crippen LogP contribution in [0, 0.1) is 0 Å². The van der Waals surface area contributed by atoms with Gasteiger partial charge in [-0.1, -0.05) is 382 Å². The fourth-order valence-electron chi connectivity index (χ4n) is 20.3. The maximum absolute atomic E-state index is 6.75. The first-order chi connectivity index (χ1) is 63.3. The zero-order valence-corrected chi connectivity index (χ0v) is 70.0. The van der Waals surface area contributed by atoms with Crippen molar-refractivity contribution >= 4 is 96.5 Å². The normalized spacial score (nSPS) is 12.8. The minimum absolute atomic E-state index is 0.415. The molecule has 4 aromatic heterocycles. The van der Waals surface area contributed by atoms with E-state index in [9.17, 15) is 0 Å². The van der Waals surface area contributed by atoms with E-state index in [1.165, 1.54) is 120 Å². The molecule has 0 spiro atoms. The highest BCUT2D eigenvalue weighted by Gasteiger charge is 2.48. The number of furan rings is 1. The van der Waals surface area contributed by atoms with Crippen LogP contribution in [0.25, 0.3) is 198 Å². The van der Waals surface area contributed by atoms with Crippen LogP contribution < -0.4 is 0 Å². The van der Waals surface area contributed by atoms with Crippen LogP contribution in [0.1, 0.15) is 44.5 Å². The van der Waals surface area contributed by atoms with E-state index in [0.29, 0.717) is 34.9 Å². The Balaban J connectivity index is 0.000000139. The van der Waals surface area contributed by atoms with Gasteiger partial charge in [-0.2, -0.15) is 0 Å². The highest BCUT2D eigenvalue weighted by atomic mass is 32.1. The summed E-state index contributed by atoms with van der Waals surface area (Å²) in [6.07, 6.45) is 0. The van der Waals surface area contributed by atoms with Gasteiger partial charge in [-0.05, 0) is 199 Å². The van der Waals surface area contributed by atoms with Gasteiger partial charge in [-0.15, -0.1) is 11.3 Å². The lowest BCUT2D eigenvalue weighted by Crippen LogP contribution is -2.28. The number of fused-ring (bicyclic) bond motifs is 16. The SMILES string of the molecule is c1ccc(-c2nc(-c3ccc4ccccc4c3)nc(-c3ccc4cc(-c5ccc6c(c5)sc5cc(C7(c8ccccc8)c8ccccc8-c8ccccc87)ccc56)ccc4c3)n2)cc1.c1ccc(C2(c3ccc4c(c3)oc3ccc(-c5nc(-c6ccc(-c7ccc8ccccc8c7)cc6)nc(-c6ccc7ccccc7c6)n5)cc34)c3ccccc3-c3ccccc32)cc1. The van der Waals surface area contributed by atoms with Gasteiger partial charge in [0.05, 0.1) is 10.8 Å². The van der Waals surface area contributed by atoms with E-state index < -0.39 is 10.8 Å². The molecule has 0 saturated heterocycles. The molecule has 8 heteroatoms. The highest BCUT2D eigenvalue weighted by Crippen LogP contribution is 2.59. The topological polar surface area (TPSA) is 90.5 Å². The van der Waals surface area contributed by atoms with E-state index in [0.717, 1.165) is 88.0 Å². The molecule has 4 heterocycles. The number of hydrogen-bond donors (Lipinski definition) is 0. The van der Waals surface area contributed by atoms with Gasteiger partial charge in [0.25, 0.3) is 0 Å². The standard InChI is InChI=1S/C60H37N3O.C60H37N3S/c1-2-16-47(17-3-1)60(53-20-10-8-18-49(53)50-19-9-11-21-54(50)60)48-31-32-51-52-36-46(30-33-55(52)64-56(51)37-48)59-62-57(61-58(63-59)45-29-25-39-13-5-7-15-43(39)35-45)41-26-22-40(23-27-41)44-28-24-38-12-4-6-14-42(38)34-44;1-3-14-39(15-4-1)57-61-58(45-27-23-38-13-7-8-16-40(38)34-45)63-59(62-57)46-28-26-41-33-42(24-25-43(41)35-46)44-29-31-51-52-32-30-48(37-56(52)64-55(51)36-44)60(47-17-5-2-6-18-47)53-21-11-9-19-49(53)50-20-10-12-22-54(50)60/h2*1-37H. The van der Waals surface area contributed by atoms with Gasteiger partial charge in [0, 0.05) is 64.3 Å². The van der Waals surface area contributed by atoms with Crippen molar-refractivity contribution in [2.24, 2.45) is 0 Å². The molecule has 2 aliphatic rings. The number of benzene rings is 20. The summed E-state index contributed by atoms with van der Waals surface area (Å²) in [6.45, 7) is 0. The first-order valence-electron chi connectivity index (χ1n) is 43.5. The van der Waals surface area contributed by atoms with Gasteiger partial charge in [0.15, 0.2) is 34.9 Å².